The summed E-state index contributed by atoms with van der Waals surface area (Å²) in [4.78, 5) is 13.9. The molecule has 1 N–H and O–H groups in total. The summed E-state index contributed by atoms with van der Waals surface area (Å²) in [6.07, 6.45) is 1.66. The molecule has 5 heteroatoms. The summed E-state index contributed by atoms with van der Waals surface area (Å²) in [6.45, 7) is 6.79. The van der Waals surface area contributed by atoms with E-state index < -0.39 is 0 Å². The van der Waals surface area contributed by atoms with E-state index in [0.717, 1.165) is 0 Å². The number of halogens is 2. The van der Waals surface area contributed by atoms with Crippen LogP contribution >= 0.6 is 12.4 Å². The molecular weight excluding hydrogens is 279 g/mol. The number of carbonyl (C=O) groups excluding carboxylic acids is 1. The highest BCUT2D eigenvalue weighted by atomic mass is 35.5. The zero-order chi connectivity index (χ0) is 14.3. The van der Waals surface area contributed by atoms with E-state index in [2.05, 4.69) is 11.9 Å². The normalized spacial score (nSPS) is 11.3. The number of hydrogen-bond donors (Lipinski definition) is 1. The van der Waals surface area contributed by atoms with Crippen LogP contribution in [-0.2, 0) is 11.3 Å². The van der Waals surface area contributed by atoms with Gasteiger partial charge in [0.15, 0.2) is 0 Å². The molecule has 0 radical (unpaired) electrons. The van der Waals surface area contributed by atoms with Crippen molar-refractivity contribution in [3.63, 3.8) is 0 Å². The first-order valence-electron chi connectivity index (χ1n) is 6.37. The van der Waals surface area contributed by atoms with Crippen molar-refractivity contribution >= 4 is 18.3 Å². The molecule has 1 aromatic carbocycles. The number of nitrogens with zero attached hydrogens (tertiary/aromatic N) is 1. The maximum Gasteiger partial charge on any atom is 0.227 e. The Morgan fingerprint density at radius 3 is 2.70 bits per heavy atom. The van der Waals surface area contributed by atoms with Crippen LogP contribution in [-0.4, -0.2) is 30.9 Å². The third-order valence-electron chi connectivity index (χ3n) is 2.91. The van der Waals surface area contributed by atoms with Gasteiger partial charge < -0.3 is 10.2 Å². The van der Waals surface area contributed by atoms with Crippen molar-refractivity contribution in [3.8, 4) is 0 Å². The molecule has 0 saturated heterocycles. The van der Waals surface area contributed by atoms with E-state index in [1.54, 1.807) is 36.2 Å². The second kappa shape index (κ2) is 9.50. The molecule has 112 valence electrons. The minimum Gasteiger partial charge on any atom is -0.334 e. The van der Waals surface area contributed by atoms with Gasteiger partial charge in [0.25, 0.3) is 0 Å². The number of carbonyl (C=O) groups is 1. The van der Waals surface area contributed by atoms with Crippen LogP contribution in [0.4, 0.5) is 4.39 Å². The molecule has 1 amide bonds. The topological polar surface area (TPSA) is 32.3 Å². The largest absolute Gasteiger partial charge is 0.334 e. The van der Waals surface area contributed by atoms with Crippen LogP contribution in [0.5, 0.6) is 0 Å². The van der Waals surface area contributed by atoms with E-state index in [1.807, 2.05) is 6.92 Å². The Morgan fingerprint density at radius 2 is 2.15 bits per heavy atom. The lowest BCUT2D eigenvalue weighted by Crippen LogP contribution is -2.38. The smallest absolute Gasteiger partial charge is 0.227 e. The third-order valence-corrected chi connectivity index (χ3v) is 2.91. The van der Waals surface area contributed by atoms with Crippen LogP contribution in [0, 0.1) is 11.7 Å². The van der Waals surface area contributed by atoms with E-state index >= 15 is 0 Å². The quantitative estimate of drug-likeness (QED) is 0.785. The highest BCUT2D eigenvalue weighted by Gasteiger charge is 2.20. The highest BCUT2D eigenvalue weighted by molar-refractivity contribution is 5.85. The van der Waals surface area contributed by atoms with E-state index in [0.29, 0.717) is 18.7 Å². The Labute approximate surface area is 126 Å². The molecule has 0 aromatic heterocycles. The lowest BCUT2D eigenvalue weighted by molar-refractivity contribution is -0.134. The molecule has 0 aliphatic carbocycles. The summed E-state index contributed by atoms with van der Waals surface area (Å²) in [6, 6.07) is 6.51. The first-order valence-corrected chi connectivity index (χ1v) is 6.37. The van der Waals surface area contributed by atoms with Crippen molar-refractivity contribution in [2.24, 2.45) is 5.92 Å². The Bertz CT molecular complexity index is 440. The van der Waals surface area contributed by atoms with E-state index in [1.165, 1.54) is 6.07 Å². The summed E-state index contributed by atoms with van der Waals surface area (Å²) in [5.41, 5.74) is 0.523. The minimum atomic E-state index is -0.286. The Kier molecular flexibility index (Phi) is 8.84. The summed E-state index contributed by atoms with van der Waals surface area (Å²) < 4.78 is 13.6. The Balaban J connectivity index is 0.00000361. The number of rotatable bonds is 7. The van der Waals surface area contributed by atoms with Crippen molar-refractivity contribution in [2.75, 3.05) is 20.1 Å². The monoisotopic (exact) mass is 300 g/mol. The second-order valence-corrected chi connectivity index (χ2v) is 4.56. The van der Waals surface area contributed by atoms with Gasteiger partial charge in [-0.2, -0.15) is 0 Å². The Hall–Kier alpha value is -1.39. The molecule has 1 atom stereocenters. The van der Waals surface area contributed by atoms with Gasteiger partial charge in [-0.1, -0.05) is 31.2 Å². The molecule has 0 saturated carbocycles. The van der Waals surface area contributed by atoms with Crippen LogP contribution < -0.4 is 5.32 Å². The van der Waals surface area contributed by atoms with Gasteiger partial charge in [0.2, 0.25) is 5.91 Å². The molecule has 0 aliphatic heterocycles. The van der Waals surface area contributed by atoms with Gasteiger partial charge in [0.05, 0.1) is 0 Å². The van der Waals surface area contributed by atoms with Crippen LogP contribution in [0.1, 0.15) is 12.5 Å². The van der Waals surface area contributed by atoms with E-state index in [9.17, 15) is 9.18 Å². The zero-order valence-corrected chi connectivity index (χ0v) is 12.8. The zero-order valence-electron chi connectivity index (χ0n) is 11.9. The van der Waals surface area contributed by atoms with Crippen molar-refractivity contribution in [2.45, 2.75) is 13.5 Å². The molecule has 1 aromatic rings. The first kappa shape index (κ1) is 18.6. The molecule has 1 unspecified atom stereocenters. The van der Waals surface area contributed by atoms with Gasteiger partial charge >= 0.3 is 0 Å². The second-order valence-electron chi connectivity index (χ2n) is 4.56. The van der Waals surface area contributed by atoms with Gasteiger partial charge in [-0.15, -0.1) is 19.0 Å². The number of nitrogens with one attached hydrogen (secondary N) is 1. The maximum atomic E-state index is 13.6. The van der Waals surface area contributed by atoms with Crippen LogP contribution in [0.15, 0.2) is 36.9 Å². The van der Waals surface area contributed by atoms with Gasteiger partial charge in [-0.05, 0) is 13.1 Å². The molecule has 0 fully saturated rings. The lowest BCUT2D eigenvalue weighted by Gasteiger charge is -2.25. The fraction of sp³-hybridized carbons (Fsp3) is 0.400. The molecule has 0 heterocycles. The van der Waals surface area contributed by atoms with Gasteiger partial charge in [0.1, 0.15) is 5.82 Å². The fourth-order valence-electron chi connectivity index (χ4n) is 1.93. The van der Waals surface area contributed by atoms with E-state index in [4.69, 9.17) is 0 Å². The van der Waals surface area contributed by atoms with Gasteiger partial charge in [0, 0.05) is 31.1 Å². The standard InChI is InChI=1S/C15H21FN2O.ClH/c1-4-9-18(15(19)12(2)10-17-3)11-13-7-5-6-8-14(13)16;/h4-8,12,17H,1,9-11H2,2-3H3;1H. The SMILES string of the molecule is C=CCN(Cc1ccccc1F)C(=O)C(C)CNC.Cl. The number of benzene rings is 1. The van der Waals surface area contributed by atoms with Crippen LogP contribution in [0.25, 0.3) is 0 Å². The van der Waals surface area contributed by atoms with Crippen LogP contribution in [0.2, 0.25) is 0 Å². The fourth-order valence-corrected chi connectivity index (χ4v) is 1.93. The summed E-state index contributed by atoms with van der Waals surface area (Å²) in [7, 11) is 1.80. The van der Waals surface area contributed by atoms with Crippen LogP contribution in [0.3, 0.4) is 0 Å². The molecule has 0 bridgehead atoms. The third kappa shape index (κ3) is 5.31. The van der Waals surface area contributed by atoms with Crippen molar-refractivity contribution in [1.82, 2.24) is 10.2 Å². The molecule has 0 spiro atoms. The summed E-state index contributed by atoms with van der Waals surface area (Å²) >= 11 is 0. The highest BCUT2D eigenvalue weighted by Crippen LogP contribution is 2.12. The summed E-state index contributed by atoms with van der Waals surface area (Å²) in [5, 5.41) is 2.97. The molecule has 3 nitrogen and oxygen atoms in total. The van der Waals surface area contributed by atoms with Crippen molar-refractivity contribution < 1.29 is 9.18 Å². The maximum absolute atomic E-state index is 13.6. The van der Waals surface area contributed by atoms with Gasteiger partial charge in [-0.3, -0.25) is 4.79 Å². The Morgan fingerprint density at radius 1 is 1.50 bits per heavy atom. The molecule has 1 rings (SSSR count). The van der Waals surface area contributed by atoms with Gasteiger partial charge in [-0.25, -0.2) is 4.39 Å². The lowest BCUT2D eigenvalue weighted by atomic mass is 10.1. The molecular formula is C15H22ClFN2O. The summed E-state index contributed by atoms with van der Waals surface area (Å²) in [5.74, 6) is -0.431. The van der Waals surface area contributed by atoms with E-state index in [-0.39, 0.29) is 36.6 Å². The number of hydrogen-bond acceptors (Lipinski definition) is 2. The van der Waals surface area contributed by atoms with Crippen molar-refractivity contribution in [1.29, 1.82) is 0 Å². The first-order chi connectivity index (χ1) is 9.10. The molecule has 0 aliphatic rings. The average Bonchev–Trinajstić information content (AvgIpc) is 2.40. The minimum absolute atomic E-state index is 0. The predicted octanol–water partition coefficient (Wildman–Crippen LogP) is 2.62. The van der Waals surface area contributed by atoms with Crippen molar-refractivity contribution in [3.05, 3.63) is 48.3 Å². The average molecular weight is 301 g/mol. The number of amides is 1. The predicted molar refractivity (Wildman–Crippen MR) is 82.4 cm³/mol. The molecule has 20 heavy (non-hydrogen) atoms.